The molecule has 0 aliphatic heterocycles. The lowest BCUT2D eigenvalue weighted by atomic mass is 9.84. The van der Waals surface area contributed by atoms with Gasteiger partial charge < -0.3 is 5.11 Å². The summed E-state index contributed by atoms with van der Waals surface area (Å²) in [5.41, 5.74) is 3.36. The summed E-state index contributed by atoms with van der Waals surface area (Å²) in [6.45, 7) is 0. The van der Waals surface area contributed by atoms with Crippen LogP contribution in [0.15, 0.2) is 40.4 Å². The van der Waals surface area contributed by atoms with Gasteiger partial charge in [-0.3, -0.25) is 4.79 Å². The summed E-state index contributed by atoms with van der Waals surface area (Å²) in [5, 5.41) is 9.95. The van der Waals surface area contributed by atoms with E-state index in [1.54, 1.807) is 6.07 Å². The summed E-state index contributed by atoms with van der Waals surface area (Å²) in [5.74, 6) is -0.190. The van der Waals surface area contributed by atoms with Crippen molar-refractivity contribution in [2.24, 2.45) is 0 Å². The molecule has 2 aliphatic carbocycles. The van der Waals surface area contributed by atoms with E-state index in [2.05, 4.69) is 15.9 Å². The molecule has 0 heterocycles. The first-order valence-electron chi connectivity index (χ1n) is 5.09. The minimum atomic E-state index is -0.976. The Morgan fingerprint density at radius 1 is 1.25 bits per heavy atom. The third kappa shape index (κ3) is 1.25. The Morgan fingerprint density at radius 3 is 2.69 bits per heavy atom. The van der Waals surface area contributed by atoms with E-state index < -0.39 is 6.10 Å². The van der Waals surface area contributed by atoms with Gasteiger partial charge in [-0.15, -0.1) is 0 Å². The molecule has 3 heteroatoms. The lowest BCUT2D eigenvalue weighted by Gasteiger charge is -2.21. The zero-order valence-corrected chi connectivity index (χ0v) is 9.99. The van der Waals surface area contributed by atoms with Crippen LogP contribution in [0.5, 0.6) is 0 Å². The number of carbonyl (C=O) groups excluding carboxylic acids is 1. The zero-order valence-electron chi connectivity index (χ0n) is 8.40. The summed E-state index contributed by atoms with van der Waals surface area (Å²) in [7, 11) is 0. The topological polar surface area (TPSA) is 37.3 Å². The molecule has 1 atom stereocenters. The fourth-order valence-corrected chi connectivity index (χ4v) is 2.84. The third-order valence-corrected chi connectivity index (χ3v) is 3.58. The van der Waals surface area contributed by atoms with Crippen molar-refractivity contribution in [3.05, 3.63) is 51.5 Å². The molecule has 0 saturated carbocycles. The summed E-state index contributed by atoms with van der Waals surface area (Å²) in [6.07, 6.45) is 1.65. The number of aliphatic hydroxyl groups is 1. The molecule has 0 spiro atoms. The monoisotopic (exact) mass is 276 g/mol. The number of rotatable bonds is 0. The molecular formula is C13H9BrO2. The van der Waals surface area contributed by atoms with Crippen LogP contribution in [-0.4, -0.2) is 17.0 Å². The highest BCUT2D eigenvalue weighted by molar-refractivity contribution is 9.11. The lowest BCUT2D eigenvalue weighted by molar-refractivity contribution is 0.0799. The molecule has 16 heavy (non-hydrogen) atoms. The molecule has 2 nitrogen and oxygen atoms in total. The Morgan fingerprint density at radius 2 is 1.94 bits per heavy atom. The van der Waals surface area contributed by atoms with Gasteiger partial charge in [0.05, 0.1) is 0 Å². The number of hydrogen-bond acceptors (Lipinski definition) is 2. The molecule has 1 unspecified atom stereocenters. The standard InChI is InChI=1S/C13H9BrO2/c14-7-5-10-8-3-1-2-4-9(8)12(15)13(16)11(10)6-7/h1-5,13,16H,6H2. The predicted molar refractivity (Wildman–Crippen MR) is 65.3 cm³/mol. The predicted octanol–water partition coefficient (Wildman–Crippen LogP) is 2.68. The Labute approximate surface area is 101 Å². The van der Waals surface area contributed by atoms with Gasteiger partial charge in [0.2, 0.25) is 0 Å². The molecule has 0 saturated heterocycles. The van der Waals surface area contributed by atoms with E-state index in [4.69, 9.17) is 0 Å². The van der Waals surface area contributed by atoms with Crippen molar-refractivity contribution in [1.29, 1.82) is 0 Å². The molecule has 0 amide bonds. The second-order valence-electron chi connectivity index (χ2n) is 4.02. The van der Waals surface area contributed by atoms with Gasteiger partial charge in [-0.25, -0.2) is 0 Å². The molecule has 3 rings (SSSR count). The molecule has 0 fully saturated rings. The van der Waals surface area contributed by atoms with Crippen molar-refractivity contribution in [1.82, 2.24) is 0 Å². The molecule has 0 radical (unpaired) electrons. The Hall–Kier alpha value is -1.19. The molecule has 80 valence electrons. The van der Waals surface area contributed by atoms with Crippen LogP contribution in [0.4, 0.5) is 0 Å². The van der Waals surface area contributed by atoms with Crippen molar-refractivity contribution in [2.75, 3.05) is 0 Å². The molecule has 1 N–H and O–H groups in total. The third-order valence-electron chi connectivity index (χ3n) is 3.07. The minimum Gasteiger partial charge on any atom is -0.380 e. The van der Waals surface area contributed by atoms with E-state index >= 15 is 0 Å². The Kier molecular flexibility index (Phi) is 2.13. The van der Waals surface area contributed by atoms with Crippen LogP contribution in [0.2, 0.25) is 0 Å². The number of benzene rings is 1. The highest BCUT2D eigenvalue weighted by atomic mass is 79.9. The molecular weight excluding hydrogens is 268 g/mol. The SMILES string of the molecule is O=C1c2ccccc2C2=C(CC(Br)=C2)C1O. The average molecular weight is 277 g/mol. The van der Waals surface area contributed by atoms with Gasteiger partial charge in [0, 0.05) is 12.0 Å². The van der Waals surface area contributed by atoms with E-state index in [0.29, 0.717) is 12.0 Å². The molecule has 1 aromatic rings. The van der Waals surface area contributed by atoms with Gasteiger partial charge in [0.15, 0.2) is 5.78 Å². The molecule has 0 bridgehead atoms. The second kappa shape index (κ2) is 3.40. The van der Waals surface area contributed by atoms with Crippen LogP contribution >= 0.6 is 15.9 Å². The normalized spacial score (nSPS) is 23.0. The van der Waals surface area contributed by atoms with Gasteiger partial charge in [0.25, 0.3) is 0 Å². The number of ketones is 1. The lowest BCUT2D eigenvalue weighted by Crippen LogP contribution is -2.27. The number of fused-ring (bicyclic) bond motifs is 2. The first-order valence-corrected chi connectivity index (χ1v) is 5.88. The number of carbonyl (C=O) groups is 1. The Bertz CT molecular complexity index is 555. The van der Waals surface area contributed by atoms with E-state index in [-0.39, 0.29) is 5.78 Å². The maximum Gasteiger partial charge on any atom is 0.196 e. The van der Waals surface area contributed by atoms with E-state index in [9.17, 15) is 9.90 Å². The quantitative estimate of drug-likeness (QED) is 0.791. The van der Waals surface area contributed by atoms with Gasteiger partial charge in [-0.05, 0) is 27.3 Å². The van der Waals surface area contributed by atoms with Gasteiger partial charge >= 0.3 is 0 Å². The fraction of sp³-hybridized carbons (Fsp3) is 0.154. The number of aliphatic hydroxyl groups excluding tert-OH is 1. The summed E-state index contributed by atoms with van der Waals surface area (Å²) in [6, 6.07) is 7.43. The number of Topliss-reactive ketones (excluding diaryl/α,β-unsaturated/α-hetero) is 1. The number of allylic oxidation sites excluding steroid dienone is 3. The average Bonchev–Trinajstić information content (AvgIpc) is 2.68. The largest absolute Gasteiger partial charge is 0.380 e. The second-order valence-corrected chi connectivity index (χ2v) is 5.04. The highest BCUT2D eigenvalue weighted by Gasteiger charge is 2.34. The van der Waals surface area contributed by atoms with Gasteiger partial charge in [0.1, 0.15) is 6.10 Å². The van der Waals surface area contributed by atoms with Crippen LogP contribution < -0.4 is 0 Å². The van der Waals surface area contributed by atoms with E-state index in [1.165, 1.54) is 0 Å². The molecule has 0 aromatic heterocycles. The Balaban J connectivity index is 2.28. The van der Waals surface area contributed by atoms with Crippen LogP contribution in [0.1, 0.15) is 22.3 Å². The summed E-state index contributed by atoms with van der Waals surface area (Å²) >= 11 is 3.42. The van der Waals surface area contributed by atoms with Crippen LogP contribution in [0.25, 0.3) is 5.57 Å². The van der Waals surface area contributed by atoms with Crippen molar-refractivity contribution < 1.29 is 9.90 Å². The van der Waals surface area contributed by atoms with Crippen molar-refractivity contribution in [3.63, 3.8) is 0 Å². The van der Waals surface area contributed by atoms with Gasteiger partial charge in [-0.1, -0.05) is 40.2 Å². The number of hydrogen-bond donors (Lipinski definition) is 1. The van der Waals surface area contributed by atoms with Crippen LogP contribution in [0.3, 0.4) is 0 Å². The smallest absolute Gasteiger partial charge is 0.196 e. The molecule has 2 aliphatic rings. The summed E-state index contributed by atoms with van der Waals surface area (Å²) < 4.78 is 1.01. The van der Waals surface area contributed by atoms with E-state index in [1.807, 2.05) is 24.3 Å². The highest BCUT2D eigenvalue weighted by Crippen LogP contribution is 2.41. The first kappa shape index (κ1) is 10.00. The van der Waals surface area contributed by atoms with Crippen molar-refractivity contribution in [3.8, 4) is 0 Å². The fourth-order valence-electron chi connectivity index (χ4n) is 2.31. The summed E-state index contributed by atoms with van der Waals surface area (Å²) in [4.78, 5) is 11.9. The van der Waals surface area contributed by atoms with Crippen molar-refractivity contribution >= 4 is 27.3 Å². The van der Waals surface area contributed by atoms with Crippen molar-refractivity contribution in [2.45, 2.75) is 12.5 Å². The maximum absolute atomic E-state index is 11.9. The minimum absolute atomic E-state index is 0.190. The van der Waals surface area contributed by atoms with Crippen LogP contribution in [0, 0.1) is 0 Å². The molecule has 1 aromatic carbocycles. The van der Waals surface area contributed by atoms with Gasteiger partial charge in [-0.2, -0.15) is 0 Å². The maximum atomic E-state index is 11.9. The van der Waals surface area contributed by atoms with Crippen LogP contribution in [-0.2, 0) is 0 Å². The first-order chi connectivity index (χ1) is 7.68. The van der Waals surface area contributed by atoms with E-state index in [0.717, 1.165) is 21.2 Å². The zero-order chi connectivity index (χ0) is 11.3. The number of halogens is 1.